The number of carboxylic acids is 1. The van der Waals surface area contributed by atoms with Gasteiger partial charge in [-0.2, -0.15) is 0 Å². The highest BCUT2D eigenvalue weighted by Crippen LogP contribution is 2.05. The van der Waals surface area contributed by atoms with Crippen LogP contribution in [0.1, 0.15) is 26.2 Å². The molecule has 1 aliphatic heterocycles. The van der Waals surface area contributed by atoms with E-state index in [1.54, 1.807) is 0 Å². The minimum Gasteiger partial charge on any atom is -0.480 e. The number of rotatable bonds is 3. The van der Waals surface area contributed by atoms with Crippen LogP contribution in [0.3, 0.4) is 0 Å². The maximum Gasteiger partial charge on any atom is 0.328 e. The molecular formula is C8H14N2O2. The van der Waals surface area contributed by atoms with Gasteiger partial charge in [0.05, 0.1) is 5.84 Å². The lowest BCUT2D eigenvalue weighted by atomic mass is 10.1. The molecule has 0 bridgehead atoms. The van der Waals surface area contributed by atoms with E-state index in [2.05, 4.69) is 17.2 Å². The molecule has 0 radical (unpaired) electrons. The first-order chi connectivity index (χ1) is 5.74. The van der Waals surface area contributed by atoms with Gasteiger partial charge in [-0.05, 0) is 12.8 Å². The van der Waals surface area contributed by atoms with E-state index in [9.17, 15) is 4.79 Å². The third-order valence-corrected chi connectivity index (χ3v) is 1.83. The number of nitrogens with one attached hydrogen (secondary N) is 1. The summed E-state index contributed by atoms with van der Waals surface area (Å²) < 4.78 is 0. The Labute approximate surface area is 71.7 Å². The van der Waals surface area contributed by atoms with E-state index in [-0.39, 0.29) is 0 Å². The van der Waals surface area contributed by atoms with Crippen LogP contribution in [-0.2, 0) is 4.79 Å². The number of carboxylic acid groups (broad SMARTS) is 1. The fourth-order valence-corrected chi connectivity index (χ4v) is 1.22. The standard InChI is InChI=1S/C8H14N2O2/c1-2-3-7-9-5-4-6(10-7)8(11)12/h6H,2-5H2,1H3,(H,9,10)(H,11,12)/t6-/m0/s1. The van der Waals surface area contributed by atoms with Crippen molar-refractivity contribution in [2.75, 3.05) is 6.54 Å². The average Bonchev–Trinajstić information content (AvgIpc) is 2.05. The second kappa shape index (κ2) is 4.09. The topological polar surface area (TPSA) is 61.7 Å². The fourth-order valence-electron chi connectivity index (χ4n) is 1.22. The molecule has 0 fully saturated rings. The largest absolute Gasteiger partial charge is 0.480 e. The summed E-state index contributed by atoms with van der Waals surface area (Å²) in [5.74, 6) is 0.0289. The van der Waals surface area contributed by atoms with Crippen LogP contribution in [0.25, 0.3) is 0 Å². The first-order valence-electron chi connectivity index (χ1n) is 4.27. The number of aliphatic carboxylic acids is 1. The molecule has 0 aromatic heterocycles. The van der Waals surface area contributed by atoms with Gasteiger partial charge in [0, 0.05) is 13.0 Å². The quantitative estimate of drug-likeness (QED) is 0.653. The Balaban J connectivity index is 2.56. The molecule has 1 atom stereocenters. The van der Waals surface area contributed by atoms with Gasteiger partial charge in [0.1, 0.15) is 0 Å². The Bertz CT molecular complexity index is 201. The van der Waals surface area contributed by atoms with Crippen molar-refractivity contribution in [2.45, 2.75) is 32.2 Å². The van der Waals surface area contributed by atoms with Crippen molar-refractivity contribution in [3.63, 3.8) is 0 Å². The van der Waals surface area contributed by atoms with Crippen LogP contribution in [0, 0.1) is 0 Å². The molecule has 1 rings (SSSR count). The highest BCUT2D eigenvalue weighted by Gasteiger charge is 2.19. The summed E-state index contributed by atoms with van der Waals surface area (Å²) in [6.45, 7) is 2.78. The first-order valence-corrected chi connectivity index (χ1v) is 4.27. The van der Waals surface area contributed by atoms with Gasteiger partial charge in [-0.15, -0.1) is 0 Å². The van der Waals surface area contributed by atoms with Gasteiger partial charge in [-0.1, -0.05) is 6.92 Å². The zero-order valence-corrected chi connectivity index (χ0v) is 7.21. The van der Waals surface area contributed by atoms with Crippen molar-refractivity contribution < 1.29 is 9.90 Å². The van der Waals surface area contributed by atoms with Crippen molar-refractivity contribution in [2.24, 2.45) is 4.99 Å². The molecule has 4 heteroatoms. The smallest absolute Gasteiger partial charge is 0.328 e. The number of nitrogens with zero attached hydrogens (tertiary/aromatic N) is 1. The van der Waals surface area contributed by atoms with Crippen molar-refractivity contribution in [3.05, 3.63) is 0 Å². The van der Waals surface area contributed by atoms with Crippen LogP contribution in [-0.4, -0.2) is 29.5 Å². The molecule has 1 aliphatic rings. The minimum absolute atomic E-state index is 0.521. The average molecular weight is 170 g/mol. The first kappa shape index (κ1) is 9.03. The van der Waals surface area contributed by atoms with E-state index in [1.807, 2.05) is 0 Å². The monoisotopic (exact) mass is 170 g/mol. The lowest BCUT2D eigenvalue weighted by molar-refractivity contribution is -0.138. The molecule has 0 spiro atoms. The zero-order chi connectivity index (χ0) is 8.97. The minimum atomic E-state index is -0.815. The molecule has 12 heavy (non-hydrogen) atoms. The van der Waals surface area contributed by atoms with Crippen molar-refractivity contribution in [3.8, 4) is 0 Å². The van der Waals surface area contributed by atoms with Gasteiger partial charge < -0.3 is 10.4 Å². The predicted octanol–water partition coefficient (Wildman–Crippen LogP) is 0.631. The van der Waals surface area contributed by atoms with Crippen LogP contribution in [0.15, 0.2) is 4.99 Å². The number of carbonyl (C=O) groups is 1. The van der Waals surface area contributed by atoms with E-state index in [1.165, 1.54) is 0 Å². The Morgan fingerprint density at radius 2 is 2.58 bits per heavy atom. The summed E-state index contributed by atoms with van der Waals surface area (Å²) >= 11 is 0. The Hall–Kier alpha value is -1.06. The highest BCUT2D eigenvalue weighted by molar-refractivity contribution is 5.86. The fraction of sp³-hybridized carbons (Fsp3) is 0.750. The normalized spacial score (nSPS) is 22.8. The van der Waals surface area contributed by atoms with Crippen LogP contribution < -0.4 is 5.32 Å². The highest BCUT2D eigenvalue weighted by atomic mass is 16.4. The van der Waals surface area contributed by atoms with Gasteiger partial charge in [-0.25, -0.2) is 4.79 Å². The second-order valence-corrected chi connectivity index (χ2v) is 2.90. The van der Waals surface area contributed by atoms with Crippen molar-refractivity contribution in [1.29, 1.82) is 0 Å². The summed E-state index contributed by atoms with van der Waals surface area (Å²) in [5.41, 5.74) is 0. The summed E-state index contributed by atoms with van der Waals surface area (Å²) in [7, 11) is 0. The molecule has 0 saturated carbocycles. The lowest BCUT2D eigenvalue weighted by Crippen LogP contribution is -2.36. The summed E-state index contributed by atoms with van der Waals surface area (Å²) in [4.78, 5) is 14.6. The van der Waals surface area contributed by atoms with Crippen LogP contribution in [0.2, 0.25) is 0 Å². The molecular weight excluding hydrogens is 156 g/mol. The third kappa shape index (κ3) is 2.22. The van der Waals surface area contributed by atoms with E-state index in [0.29, 0.717) is 6.42 Å². The number of amidine groups is 1. The van der Waals surface area contributed by atoms with Gasteiger partial charge in [0.2, 0.25) is 0 Å². The Morgan fingerprint density at radius 3 is 3.17 bits per heavy atom. The summed E-state index contributed by atoms with van der Waals surface area (Å²) in [6, 6.07) is -0.521. The van der Waals surface area contributed by atoms with Crippen LogP contribution >= 0.6 is 0 Å². The molecule has 0 aliphatic carbocycles. The maximum absolute atomic E-state index is 10.6. The number of hydrogen-bond acceptors (Lipinski definition) is 3. The van der Waals surface area contributed by atoms with E-state index in [0.717, 1.165) is 25.2 Å². The van der Waals surface area contributed by atoms with Crippen LogP contribution in [0.5, 0.6) is 0 Å². The van der Waals surface area contributed by atoms with Crippen molar-refractivity contribution in [1.82, 2.24) is 5.32 Å². The Morgan fingerprint density at radius 1 is 1.83 bits per heavy atom. The molecule has 0 saturated heterocycles. The molecule has 4 nitrogen and oxygen atoms in total. The number of aliphatic imine (C=N–C) groups is 1. The molecule has 0 amide bonds. The van der Waals surface area contributed by atoms with Crippen molar-refractivity contribution >= 4 is 11.8 Å². The van der Waals surface area contributed by atoms with Gasteiger partial charge in [0.15, 0.2) is 6.04 Å². The molecule has 0 unspecified atom stereocenters. The van der Waals surface area contributed by atoms with Gasteiger partial charge in [-0.3, -0.25) is 4.99 Å². The molecule has 68 valence electrons. The lowest BCUT2D eigenvalue weighted by Gasteiger charge is -2.18. The summed E-state index contributed by atoms with van der Waals surface area (Å²) in [5, 5.41) is 11.8. The Kier molecular flexibility index (Phi) is 3.08. The van der Waals surface area contributed by atoms with Gasteiger partial charge >= 0.3 is 5.97 Å². The zero-order valence-electron chi connectivity index (χ0n) is 7.21. The van der Waals surface area contributed by atoms with E-state index < -0.39 is 12.0 Å². The van der Waals surface area contributed by atoms with Gasteiger partial charge in [0.25, 0.3) is 0 Å². The molecule has 1 heterocycles. The number of hydrogen-bond donors (Lipinski definition) is 2. The van der Waals surface area contributed by atoms with E-state index >= 15 is 0 Å². The van der Waals surface area contributed by atoms with E-state index in [4.69, 9.17) is 5.11 Å². The molecule has 2 N–H and O–H groups in total. The predicted molar refractivity (Wildman–Crippen MR) is 46.4 cm³/mol. The van der Waals surface area contributed by atoms with Crippen LogP contribution in [0.4, 0.5) is 0 Å². The third-order valence-electron chi connectivity index (χ3n) is 1.83. The maximum atomic E-state index is 10.6. The molecule has 0 aromatic rings. The SMILES string of the molecule is CCCC1=N[C@H](C(=O)O)CCN1. The molecule has 0 aromatic carbocycles. The summed E-state index contributed by atoms with van der Waals surface area (Å²) in [6.07, 6.45) is 2.45. The second-order valence-electron chi connectivity index (χ2n) is 2.90.